The molecule has 4 heteroatoms. The summed E-state index contributed by atoms with van der Waals surface area (Å²) in [5, 5.41) is 14.2. The van der Waals surface area contributed by atoms with E-state index in [0.717, 1.165) is 44.7 Å². The molecular formula is C28H30N2OS. The molecule has 3 nitrogen and oxygen atoms in total. The van der Waals surface area contributed by atoms with Crippen molar-refractivity contribution in [2.45, 2.75) is 18.6 Å². The lowest BCUT2D eigenvalue weighted by Gasteiger charge is -2.40. The Kier molecular flexibility index (Phi) is 6.65. The topological polar surface area (TPSA) is 26.7 Å². The first-order valence-corrected chi connectivity index (χ1v) is 12.4. The van der Waals surface area contributed by atoms with Crippen molar-refractivity contribution in [1.29, 1.82) is 0 Å². The summed E-state index contributed by atoms with van der Waals surface area (Å²) in [5.74, 6) is 0. The highest BCUT2D eigenvalue weighted by Gasteiger charge is 2.26. The van der Waals surface area contributed by atoms with E-state index in [1.807, 2.05) is 0 Å². The van der Waals surface area contributed by atoms with Gasteiger partial charge in [0.05, 0.1) is 12.1 Å². The molecule has 3 aromatic carbocycles. The van der Waals surface area contributed by atoms with Crippen molar-refractivity contribution >= 4 is 21.4 Å². The lowest BCUT2D eigenvalue weighted by Crippen LogP contribution is -2.48. The predicted molar refractivity (Wildman–Crippen MR) is 134 cm³/mol. The highest BCUT2D eigenvalue weighted by atomic mass is 32.1. The van der Waals surface area contributed by atoms with Crippen LogP contribution in [0.15, 0.2) is 90.3 Å². The SMILES string of the molecule is OC(CCN1CCN(C(c2ccccc2)c2ccccc2)CC1)c1csc2ccccc12. The summed E-state index contributed by atoms with van der Waals surface area (Å²) in [6, 6.07) is 30.4. The molecule has 0 radical (unpaired) electrons. The number of fused-ring (bicyclic) bond motifs is 1. The number of aliphatic hydroxyl groups excluding tert-OH is 1. The van der Waals surface area contributed by atoms with Crippen molar-refractivity contribution in [1.82, 2.24) is 9.80 Å². The number of thiophene rings is 1. The van der Waals surface area contributed by atoms with E-state index < -0.39 is 6.10 Å². The predicted octanol–water partition coefficient (Wildman–Crippen LogP) is 5.73. The van der Waals surface area contributed by atoms with E-state index in [1.54, 1.807) is 11.3 Å². The van der Waals surface area contributed by atoms with Gasteiger partial charge in [0.1, 0.15) is 0 Å². The summed E-state index contributed by atoms with van der Waals surface area (Å²) < 4.78 is 1.25. The molecule has 1 aliphatic heterocycles. The molecule has 1 aromatic heterocycles. The van der Waals surface area contributed by atoms with Crippen LogP contribution in [0, 0.1) is 0 Å². The van der Waals surface area contributed by atoms with Crippen LogP contribution in [0.25, 0.3) is 10.1 Å². The number of benzene rings is 3. The fourth-order valence-corrected chi connectivity index (χ4v) is 5.85. The van der Waals surface area contributed by atoms with E-state index in [0.29, 0.717) is 6.04 Å². The zero-order valence-corrected chi connectivity index (χ0v) is 19.1. The smallest absolute Gasteiger partial charge is 0.0816 e. The molecule has 1 saturated heterocycles. The van der Waals surface area contributed by atoms with Crippen LogP contribution >= 0.6 is 11.3 Å². The van der Waals surface area contributed by atoms with Gasteiger partial charge in [-0.05, 0) is 39.9 Å². The van der Waals surface area contributed by atoms with Gasteiger partial charge >= 0.3 is 0 Å². The van der Waals surface area contributed by atoms with Crippen LogP contribution in [-0.4, -0.2) is 47.6 Å². The fraction of sp³-hybridized carbons (Fsp3) is 0.286. The average Bonchev–Trinajstić information content (AvgIpc) is 3.29. The van der Waals surface area contributed by atoms with Gasteiger partial charge in [-0.1, -0.05) is 78.9 Å². The van der Waals surface area contributed by atoms with Gasteiger partial charge in [0.15, 0.2) is 0 Å². The van der Waals surface area contributed by atoms with Crippen LogP contribution in [0.2, 0.25) is 0 Å². The Morgan fingerprint density at radius 1 is 0.750 bits per heavy atom. The molecule has 164 valence electrons. The Morgan fingerprint density at radius 2 is 1.34 bits per heavy atom. The van der Waals surface area contributed by atoms with Gasteiger partial charge in [0.2, 0.25) is 0 Å². The number of hydrogen-bond acceptors (Lipinski definition) is 4. The minimum Gasteiger partial charge on any atom is -0.388 e. The van der Waals surface area contributed by atoms with Crippen LogP contribution < -0.4 is 0 Å². The van der Waals surface area contributed by atoms with E-state index in [4.69, 9.17) is 0 Å². The molecule has 1 aliphatic rings. The number of rotatable bonds is 7. The third-order valence-corrected chi connectivity index (χ3v) is 7.57. The number of nitrogens with zero attached hydrogens (tertiary/aromatic N) is 2. The summed E-state index contributed by atoms with van der Waals surface area (Å²) in [6.07, 6.45) is 0.382. The molecule has 1 unspecified atom stereocenters. The number of hydrogen-bond donors (Lipinski definition) is 1. The zero-order valence-electron chi connectivity index (χ0n) is 18.3. The first-order valence-electron chi connectivity index (χ1n) is 11.5. The monoisotopic (exact) mass is 442 g/mol. The Hall–Kier alpha value is -2.50. The zero-order chi connectivity index (χ0) is 21.8. The van der Waals surface area contributed by atoms with E-state index in [2.05, 4.69) is 100 Å². The maximum Gasteiger partial charge on any atom is 0.0816 e. The molecular weight excluding hydrogens is 412 g/mol. The van der Waals surface area contributed by atoms with Crippen LogP contribution in [0.5, 0.6) is 0 Å². The second-order valence-electron chi connectivity index (χ2n) is 8.59. The van der Waals surface area contributed by atoms with Crippen LogP contribution in [0.1, 0.15) is 35.3 Å². The lowest BCUT2D eigenvalue weighted by molar-refractivity contribution is 0.0891. The molecule has 0 bridgehead atoms. The molecule has 0 spiro atoms. The second-order valence-corrected chi connectivity index (χ2v) is 9.50. The molecule has 0 aliphatic carbocycles. The summed E-state index contributed by atoms with van der Waals surface area (Å²) in [6.45, 7) is 5.07. The van der Waals surface area contributed by atoms with Gasteiger partial charge in [-0.2, -0.15) is 0 Å². The Bertz CT molecular complexity index is 1080. The molecule has 2 heterocycles. The first-order chi connectivity index (χ1) is 15.8. The Balaban J connectivity index is 1.21. The van der Waals surface area contributed by atoms with E-state index in [1.165, 1.54) is 21.2 Å². The van der Waals surface area contributed by atoms with Crippen molar-refractivity contribution in [2.75, 3.05) is 32.7 Å². The van der Waals surface area contributed by atoms with Crippen LogP contribution in [-0.2, 0) is 0 Å². The van der Waals surface area contributed by atoms with Crippen molar-refractivity contribution in [3.63, 3.8) is 0 Å². The molecule has 0 amide bonds. The van der Waals surface area contributed by atoms with Gasteiger partial charge < -0.3 is 10.0 Å². The van der Waals surface area contributed by atoms with Crippen LogP contribution in [0.4, 0.5) is 0 Å². The number of piperazine rings is 1. The molecule has 32 heavy (non-hydrogen) atoms. The quantitative estimate of drug-likeness (QED) is 0.396. The third-order valence-electron chi connectivity index (χ3n) is 6.59. The molecule has 1 N–H and O–H groups in total. The van der Waals surface area contributed by atoms with Gasteiger partial charge in [-0.25, -0.2) is 0 Å². The van der Waals surface area contributed by atoms with Gasteiger partial charge in [-0.3, -0.25) is 4.90 Å². The highest BCUT2D eigenvalue weighted by Crippen LogP contribution is 2.32. The van der Waals surface area contributed by atoms with E-state index >= 15 is 0 Å². The molecule has 5 rings (SSSR count). The number of aliphatic hydroxyl groups is 1. The normalized spacial score (nSPS) is 16.6. The third kappa shape index (κ3) is 4.64. The van der Waals surface area contributed by atoms with Crippen molar-refractivity contribution in [2.24, 2.45) is 0 Å². The summed E-state index contributed by atoms with van der Waals surface area (Å²) >= 11 is 1.72. The van der Waals surface area contributed by atoms with Gasteiger partial charge in [0.25, 0.3) is 0 Å². The highest BCUT2D eigenvalue weighted by molar-refractivity contribution is 7.17. The summed E-state index contributed by atoms with van der Waals surface area (Å²) in [7, 11) is 0. The maximum atomic E-state index is 10.8. The minimum atomic E-state index is -0.398. The van der Waals surface area contributed by atoms with Crippen molar-refractivity contribution in [3.05, 3.63) is 107 Å². The van der Waals surface area contributed by atoms with E-state index in [9.17, 15) is 5.11 Å². The largest absolute Gasteiger partial charge is 0.388 e. The first kappa shape index (κ1) is 21.4. The van der Waals surface area contributed by atoms with Gasteiger partial charge in [0, 0.05) is 37.4 Å². The molecule has 1 fully saturated rings. The van der Waals surface area contributed by atoms with Crippen molar-refractivity contribution in [3.8, 4) is 0 Å². The lowest BCUT2D eigenvalue weighted by atomic mass is 9.96. The average molecular weight is 443 g/mol. The molecule has 4 aromatic rings. The molecule has 1 atom stereocenters. The fourth-order valence-electron chi connectivity index (χ4n) is 4.85. The molecule has 0 saturated carbocycles. The van der Waals surface area contributed by atoms with Crippen LogP contribution in [0.3, 0.4) is 0 Å². The second kappa shape index (κ2) is 9.97. The van der Waals surface area contributed by atoms with Gasteiger partial charge in [-0.15, -0.1) is 11.3 Å². The van der Waals surface area contributed by atoms with Crippen molar-refractivity contribution < 1.29 is 5.11 Å². The summed E-state index contributed by atoms with van der Waals surface area (Å²) in [5.41, 5.74) is 3.79. The van der Waals surface area contributed by atoms with E-state index in [-0.39, 0.29) is 0 Å². The standard InChI is InChI=1S/C28H30N2OS/c31-26(25-21-32-27-14-8-7-13-24(25)27)15-16-29-17-19-30(20-18-29)28(22-9-3-1-4-10-22)23-11-5-2-6-12-23/h1-14,21,26,28,31H,15-20H2. The summed E-state index contributed by atoms with van der Waals surface area (Å²) in [4.78, 5) is 5.10. The maximum absolute atomic E-state index is 10.8. The minimum absolute atomic E-state index is 0.294. The Morgan fingerprint density at radius 3 is 2.00 bits per heavy atom. The Labute approximate surface area is 194 Å².